The summed E-state index contributed by atoms with van der Waals surface area (Å²) in [7, 11) is 0. The number of benzene rings is 2. The first kappa shape index (κ1) is 20.9. The van der Waals surface area contributed by atoms with E-state index in [1.807, 2.05) is 11.0 Å². The van der Waals surface area contributed by atoms with E-state index in [9.17, 15) is 14.9 Å². The Morgan fingerprint density at radius 1 is 1.17 bits per heavy atom. The van der Waals surface area contributed by atoms with Gasteiger partial charge in [0.2, 0.25) is 0 Å². The molecule has 29 heavy (non-hydrogen) atoms. The van der Waals surface area contributed by atoms with E-state index in [-0.39, 0.29) is 16.5 Å². The van der Waals surface area contributed by atoms with Crippen LogP contribution in [0.2, 0.25) is 5.02 Å². The Kier molecular flexibility index (Phi) is 6.59. The van der Waals surface area contributed by atoms with Crippen LogP contribution in [0.4, 0.5) is 17.1 Å². The lowest BCUT2D eigenvalue weighted by Crippen LogP contribution is -2.48. The molecule has 1 fully saturated rings. The van der Waals surface area contributed by atoms with Gasteiger partial charge in [-0.15, -0.1) is 0 Å². The first-order valence-corrected chi connectivity index (χ1v) is 10.0. The monoisotopic (exact) mass is 416 g/mol. The van der Waals surface area contributed by atoms with E-state index in [4.69, 9.17) is 11.6 Å². The lowest BCUT2D eigenvalue weighted by Gasteiger charge is -2.36. The van der Waals surface area contributed by atoms with Gasteiger partial charge in [-0.3, -0.25) is 14.9 Å². The Hall–Kier alpha value is -2.80. The highest BCUT2D eigenvalue weighted by Gasteiger charge is 2.24. The molecule has 1 amide bonds. The van der Waals surface area contributed by atoms with E-state index in [1.165, 1.54) is 0 Å². The van der Waals surface area contributed by atoms with Crippen LogP contribution in [-0.4, -0.2) is 48.5 Å². The zero-order valence-electron chi connectivity index (χ0n) is 16.6. The number of rotatable bonds is 6. The number of amides is 1. The fourth-order valence-electron chi connectivity index (χ4n) is 3.31. The highest BCUT2D eigenvalue weighted by molar-refractivity contribution is 6.30. The predicted octanol–water partition coefficient (Wildman–Crippen LogP) is 4.28. The maximum absolute atomic E-state index is 12.7. The maximum atomic E-state index is 12.7. The Morgan fingerprint density at radius 3 is 2.52 bits per heavy atom. The standard InChI is InChI=1S/C21H25ClN4O3/c1-15(2)14-23-19-13-18(6-7-20(19)26(28)29)24-8-10-25(11-9-24)21(27)16-4-3-5-17(22)12-16/h3-7,12-13,15,23H,8-11,14H2,1-2H3. The molecule has 3 rings (SSSR count). The van der Waals surface area contributed by atoms with Crippen LogP contribution in [0.25, 0.3) is 0 Å². The van der Waals surface area contributed by atoms with Crippen molar-refractivity contribution in [3.05, 3.63) is 63.2 Å². The quantitative estimate of drug-likeness (QED) is 0.561. The number of piperazine rings is 1. The molecule has 0 atom stereocenters. The highest BCUT2D eigenvalue weighted by atomic mass is 35.5. The lowest BCUT2D eigenvalue weighted by atomic mass is 10.1. The number of halogens is 1. The van der Waals surface area contributed by atoms with E-state index < -0.39 is 0 Å². The predicted molar refractivity (Wildman–Crippen MR) is 116 cm³/mol. The van der Waals surface area contributed by atoms with Crippen LogP contribution in [0.5, 0.6) is 0 Å². The van der Waals surface area contributed by atoms with Crippen LogP contribution in [0.1, 0.15) is 24.2 Å². The van der Waals surface area contributed by atoms with Gasteiger partial charge in [-0.2, -0.15) is 0 Å². The van der Waals surface area contributed by atoms with Gasteiger partial charge in [-0.25, -0.2) is 0 Å². The molecule has 1 saturated heterocycles. The third-order valence-electron chi connectivity index (χ3n) is 4.88. The van der Waals surface area contributed by atoms with Crippen molar-refractivity contribution < 1.29 is 9.72 Å². The van der Waals surface area contributed by atoms with Gasteiger partial charge in [-0.1, -0.05) is 31.5 Å². The Morgan fingerprint density at radius 2 is 1.90 bits per heavy atom. The molecular weight excluding hydrogens is 392 g/mol. The molecule has 0 spiro atoms. The fraction of sp³-hybridized carbons (Fsp3) is 0.381. The molecule has 1 aliphatic heterocycles. The first-order chi connectivity index (χ1) is 13.8. The van der Waals surface area contributed by atoms with Crippen molar-refractivity contribution in [1.29, 1.82) is 0 Å². The van der Waals surface area contributed by atoms with Gasteiger partial charge in [0.05, 0.1) is 4.92 Å². The molecule has 154 valence electrons. The summed E-state index contributed by atoms with van der Waals surface area (Å²) in [6.07, 6.45) is 0. The molecule has 8 heteroatoms. The van der Waals surface area contributed by atoms with Crippen LogP contribution >= 0.6 is 11.6 Å². The van der Waals surface area contributed by atoms with Gasteiger partial charge in [0.15, 0.2) is 0 Å². The third-order valence-corrected chi connectivity index (χ3v) is 5.12. The average molecular weight is 417 g/mol. The molecule has 2 aromatic carbocycles. The second-order valence-electron chi connectivity index (χ2n) is 7.52. The van der Waals surface area contributed by atoms with Crippen molar-refractivity contribution in [3.8, 4) is 0 Å². The molecule has 7 nitrogen and oxygen atoms in total. The van der Waals surface area contributed by atoms with Crippen molar-refractivity contribution in [3.63, 3.8) is 0 Å². The summed E-state index contributed by atoms with van der Waals surface area (Å²) in [6.45, 7) is 7.25. The van der Waals surface area contributed by atoms with Crippen molar-refractivity contribution in [2.24, 2.45) is 5.92 Å². The molecule has 0 aliphatic carbocycles. The van der Waals surface area contributed by atoms with Crippen LogP contribution in [0.15, 0.2) is 42.5 Å². The second kappa shape index (κ2) is 9.13. The van der Waals surface area contributed by atoms with Crippen LogP contribution in [-0.2, 0) is 0 Å². The average Bonchev–Trinajstić information content (AvgIpc) is 2.71. The summed E-state index contributed by atoms with van der Waals surface area (Å²) >= 11 is 5.99. The molecule has 0 bridgehead atoms. The van der Waals surface area contributed by atoms with Gasteiger partial charge in [0.25, 0.3) is 11.6 Å². The van der Waals surface area contributed by atoms with Crippen molar-refractivity contribution >= 4 is 34.6 Å². The summed E-state index contributed by atoms with van der Waals surface area (Å²) in [5.41, 5.74) is 2.10. The maximum Gasteiger partial charge on any atom is 0.292 e. The molecule has 1 aliphatic rings. The van der Waals surface area contributed by atoms with Crippen molar-refractivity contribution in [2.45, 2.75) is 13.8 Å². The highest BCUT2D eigenvalue weighted by Crippen LogP contribution is 2.30. The molecule has 0 radical (unpaired) electrons. The first-order valence-electron chi connectivity index (χ1n) is 9.67. The number of hydrogen-bond acceptors (Lipinski definition) is 5. The number of nitrogens with one attached hydrogen (secondary N) is 1. The minimum Gasteiger partial charge on any atom is -0.379 e. The molecule has 0 aromatic heterocycles. The van der Waals surface area contributed by atoms with E-state index >= 15 is 0 Å². The fourth-order valence-corrected chi connectivity index (χ4v) is 3.50. The van der Waals surface area contributed by atoms with Gasteiger partial charge in [0, 0.05) is 55.1 Å². The van der Waals surface area contributed by atoms with Crippen LogP contribution in [0, 0.1) is 16.0 Å². The van der Waals surface area contributed by atoms with Crippen molar-refractivity contribution in [1.82, 2.24) is 4.90 Å². The summed E-state index contributed by atoms with van der Waals surface area (Å²) in [5, 5.41) is 15.1. The van der Waals surface area contributed by atoms with E-state index in [1.54, 1.807) is 36.4 Å². The van der Waals surface area contributed by atoms with Gasteiger partial charge < -0.3 is 15.1 Å². The molecule has 1 N–H and O–H groups in total. The zero-order valence-corrected chi connectivity index (χ0v) is 17.4. The smallest absolute Gasteiger partial charge is 0.292 e. The number of nitrogens with zero attached hydrogens (tertiary/aromatic N) is 3. The van der Waals surface area contributed by atoms with Crippen LogP contribution < -0.4 is 10.2 Å². The van der Waals surface area contributed by atoms with Gasteiger partial charge in [0.1, 0.15) is 5.69 Å². The molecule has 0 unspecified atom stereocenters. The number of nitro benzene ring substituents is 1. The Bertz CT molecular complexity index is 895. The Balaban J connectivity index is 1.69. The van der Waals surface area contributed by atoms with E-state index in [0.29, 0.717) is 54.9 Å². The number of anilines is 2. The van der Waals surface area contributed by atoms with Gasteiger partial charge in [-0.05, 0) is 36.2 Å². The molecule has 2 aromatic rings. The summed E-state index contributed by atoms with van der Waals surface area (Å²) in [4.78, 5) is 27.6. The van der Waals surface area contributed by atoms with Crippen LogP contribution in [0.3, 0.4) is 0 Å². The largest absolute Gasteiger partial charge is 0.379 e. The number of nitro groups is 1. The number of carbonyl (C=O) groups is 1. The van der Waals surface area contributed by atoms with E-state index in [2.05, 4.69) is 24.1 Å². The molecule has 0 saturated carbocycles. The third kappa shape index (κ3) is 5.17. The minimum atomic E-state index is -0.367. The Labute approximate surface area is 175 Å². The number of hydrogen-bond donors (Lipinski definition) is 1. The number of carbonyl (C=O) groups excluding carboxylic acids is 1. The summed E-state index contributed by atoms with van der Waals surface area (Å²) < 4.78 is 0. The van der Waals surface area contributed by atoms with Gasteiger partial charge >= 0.3 is 0 Å². The lowest BCUT2D eigenvalue weighted by molar-refractivity contribution is -0.383. The van der Waals surface area contributed by atoms with E-state index in [0.717, 1.165) is 5.69 Å². The SMILES string of the molecule is CC(C)CNc1cc(N2CCN(C(=O)c3cccc(Cl)c3)CC2)ccc1[N+](=O)[O-]. The topological polar surface area (TPSA) is 78.7 Å². The minimum absolute atomic E-state index is 0.0323. The summed E-state index contributed by atoms with van der Waals surface area (Å²) in [5.74, 6) is 0.342. The summed E-state index contributed by atoms with van der Waals surface area (Å²) in [6, 6.07) is 12.1. The normalized spacial score (nSPS) is 14.2. The second-order valence-corrected chi connectivity index (χ2v) is 7.96. The molecular formula is C21H25ClN4O3. The van der Waals surface area contributed by atoms with Crippen molar-refractivity contribution in [2.75, 3.05) is 42.9 Å². The zero-order chi connectivity index (χ0) is 21.0. The molecule has 1 heterocycles.